The van der Waals surface area contributed by atoms with Gasteiger partial charge in [-0.1, -0.05) is 24.3 Å². The smallest absolute Gasteiger partial charge is 0.313 e. The van der Waals surface area contributed by atoms with E-state index in [1.54, 1.807) is 12.3 Å². The number of fused-ring (bicyclic) bond motifs is 1. The predicted molar refractivity (Wildman–Crippen MR) is 98.7 cm³/mol. The molecule has 6 heteroatoms. The minimum Gasteiger partial charge on any atom is -0.493 e. The Balaban J connectivity index is 1.83. The van der Waals surface area contributed by atoms with Crippen LogP contribution in [0.1, 0.15) is 36.1 Å². The average molecular weight is 362 g/mol. The van der Waals surface area contributed by atoms with Gasteiger partial charge in [-0.25, -0.2) is 0 Å². The Morgan fingerprint density at radius 1 is 1.19 bits per heavy atom. The summed E-state index contributed by atoms with van der Waals surface area (Å²) in [6.45, 7) is 1.46. The number of rotatable bonds is 4. The summed E-state index contributed by atoms with van der Waals surface area (Å²) in [7, 11) is 1.44. The summed E-state index contributed by atoms with van der Waals surface area (Å²) in [4.78, 5) is 26.1. The van der Waals surface area contributed by atoms with Crippen molar-refractivity contribution in [3.8, 4) is 17.6 Å². The molecule has 27 heavy (non-hydrogen) atoms. The molecule has 1 heterocycles. The lowest BCUT2D eigenvalue weighted by atomic mass is 9.94. The average Bonchev–Trinajstić information content (AvgIpc) is 2.68. The molecule has 136 valence electrons. The maximum atomic E-state index is 12.6. The van der Waals surface area contributed by atoms with Gasteiger partial charge in [0.1, 0.15) is 0 Å². The molecule has 1 aliphatic heterocycles. The van der Waals surface area contributed by atoms with Crippen LogP contribution in [0.15, 0.2) is 48.7 Å². The van der Waals surface area contributed by atoms with Crippen LogP contribution < -0.4 is 9.47 Å². The maximum Gasteiger partial charge on any atom is 0.313 e. The van der Waals surface area contributed by atoms with Gasteiger partial charge >= 0.3 is 5.97 Å². The molecular formula is C21H18N2O4. The van der Waals surface area contributed by atoms with Gasteiger partial charge in [0.25, 0.3) is 0 Å². The van der Waals surface area contributed by atoms with Gasteiger partial charge in [0.15, 0.2) is 11.5 Å². The standard InChI is InChI=1S/C21H18N2O4/c1-14(24)23-10-9-16-5-3-4-6-17(16)18(23)12-21(25)27-19-8-7-15(13-22)11-20(19)26-2/h3-11,18H,12H2,1-2H3. The maximum absolute atomic E-state index is 12.6. The van der Waals surface area contributed by atoms with Crippen molar-refractivity contribution in [1.29, 1.82) is 5.26 Å². The molecule has 1 atom stereocenters. The van der Waals surface area contributed by atoms with Crippen molar-refractivity contribution >= 4 is 18.0 Å². The topological polar surface area (TPSA) is 79.6 Å². The molecule has 2 aromatic carbocycles. The van der Waals surface area contributed by atoms with Crippen LogP contribution in [0.5, 0.6) is 11.5 Å². The third-order valence-corrected chi connectivity index (χ3v) is 4.35. The van der Waals surface area contributed by atoms with E-state index in [1.165, 1.54) is 31.1 Å². The zero-order valence-electron chi connectivity index (χ0n) is 15.0. The fourth-order valence-electron chi connectivity index (χ4n) is 3.06. The molecule has 0 saturated heterocycles. The number of esters is 1. The SMILES string of the molecule is COc1cc(C#N)ccc1OC(=O)CC1c2ccccc2C=CN1C(C)=O. The Hall–Kier alpha value is -3.59. The fraction of sp³-hybridized carbons (Fsp3) is 0.190. The Bertz CT molecular complexity index is 959. The first kappa shape index (κ1) is 18.2. The van der Waals surface area contributed by atoms with Crippen LogP contribution in [0.4, 0.5) is 0 Å². The molecule has 6 nitrogen and oxygen atoms in total. The number of carbonyl (C=O) groups is 2. The van der Waals surface area contributed by atoms with Gasteiger partial charge in [0.2, 0.25) is 5.91 Å². The quantitative estimate of drug-likeness (QED) is 0.615. The first-order valence-corrected chi connectivity index (χ1v) is 8.38. The molecule has 1 unspecified atom stereocenters. The zero-order valence-corrected chi connectivity index (χ0v) is 15.0. The third kappa shape index (κ3) is 3.82. The molecule has 0 radical (unpaired) electrons. The van der Waals surface area contributed by atoms with Crippen LogP contribution in [0.3, 0.4) is 0 Å². The monoisotopic (exact) mass is 362 g/mol. The van der Waals surface area contributed by atoms with Crippen LogP contribution in [0.25, 0.3) is 6.08 Å². The van der Waals surface area contributed by atoms with Crippen molar-refractivity contribution in [2.45, 2.75) is 19.4 Å². The van der Waals surface area contributed by atoms with E-state index in [4.69, 9.17) is 14.7 Å². The summed E-state index contributed by atoms with van der Waals surface area (Å²) >= 11 is 0. The molecule has 0 fully saturated rings. The number of nitriles is 1. The molecule has 0 saturated carbocycles. The van der Waals surface area contributed by atoms with E-state index in [2.05, 4.69) is 0 Å². The lowest BCUT2D eigenvalue weighted by Gasteiger charge is -2.32. The highest BCUT2D eigenvalue weighted by molar-refractivity contribution is 5.80. The minimum atomic E-state index is -0.501. The van der Waals surface area contributed by atoms with Crippen LogP contribution in [0, 0.1) is 11.3 Å². The Morgan fingerprint density at radius 3 is 2.67 bits per heavy atom. The highest BCUT2D eigenvalue weighted by atomic mass is 16.6. The van der Waals surface area contributed by atoms with Gasteiger partial charge in [-0.05, 0) is 29.3 Å². The van der Waals surface area contributed by atoms with Crippen molar-refractivity contribution in [2.75, 3.05) is 7.11 Å². The van der Waals surface area contributed by atoms with Gasteiger partial charge in [0.05, 0.1) is 31.2 Å². The van der Waals surface area contributed by atoms with E-state index in [0.717, 1.165) is 11.1 Å². The molecular weight excluding hydrogens is 344 g/mol. The second-order valence-corrected chi connectivity index (χ2v) is 6.04. The number of hydrogen-bond donors (Lipinski definition) is 0. The third-order valence-electron chi connectivity index (χ3n) is 4.35. The molecule has 0 spiro atoms. The normalized spacial score (nSPS) is 14.9. The number of amides is 1. The van der Waals surface area contributed by atoms with Gasteiger partial charge in [-0.2, -0.15) is 5.26 Å². The second-order valence-electron chi connectivity index (χ2n) is 6.04. The Morgan fingerprint density at radius 2 is 1.96 bits per heavy atom. The summed E-state index contributed by atoms with van der Waals surface area (Å²) < 4.78 is 10.6. The molecule has 0 aromatic heterocycles. The zero-order chi connectivity index (χ0) is 19.4. The van der Waals surface area contributed by atoms with Crippen LogP contribution >= 0.6 is 0 Å². The molecule has 2 aromatic rings. The number of carbonyl (C=O) groups excluding carboxylic acids is 2. The van der Waals surface area contributed by atoms with Crippen molar-refractivity contribution in [3.63, 3.8) is 0 Å². The van der Waals surface area contributed by atoms with E-state index < -0.39 is 12.0 Å². The van der Waals surface area contributed by atoms with Gasteiger partial charge in [-0.3, -0.25) is 9.59 Å². The van der Waals surface area contributed by atoms with Crippen LogP contribution in [-0.2, 0) is 9.59 Å². The molecule has 1 amide bonds. The Labute approximate surface area is 157 Å². The van der Waals surface area contributed by atoms with E-state index in [9.17, 15) is 9.59 Å². The number of ether oxygens (including phenoxy) is 2. The van der Waals surface area contributed by atoms with Crippen molar-refractivity contribution in [1.82, 2.24) is 4.90 Å². The van der Waals surface area contributed by atoms with Gasteiger partial charge in [-0.15, -0.1) is 0 Å². The van der Waals surface area contributed by atoms with E-state index >= 15 is 0 Å². The highest BCUT2D eigenvalue weighted by Crippen LogP contribution is 2.34. The molecule has 0 bridgehead atoms. The predicted octanol–water partition coefficient (Wildman–Crippen LogP) is 3.44. The Kier molecular flexibility index (Phi) is 5.23. The first-order chi connectivity index (χ1) is 13.0. The van der Waals surface area contributed by atoms with Gasteiger partial charge in [0, 0.05) is 19.2 Å². The molecule has 1 aliphatic rings. The molecule has 0 aliphatic carbocycles. The number of nitrogens with zero attached hydrogens (tertiary/aromatic N) is 2. The largest absolute Gasteiger partial charge is 0.493 e. The number of benzene rings is 2. The molecule has 0 N–H and O–H groups in total. The summed E-state index contributed by atoms with van der Waals surface area (Å²) in [5, 5.41) is 8.96. The van der Waals surface area contributed by atoms with E-state index in [1.807, 2.05) is 36.4 Å². The summed E-state index contributed by atoms with van der Waals surface area (Å²) in [5.41, 5.74) is 2.25. The lowest BCUT2D eigenvalue weighted by Crippen LogP contribution is -2.33. The second kappa shape index (κ2) is 7.75. The fourth-order valence-corrected chi connectivity index (χ4v) is 3.06. The lowest BCUT2D eigenvalue weighted by molar-refractivity contribution is -0.137. The minimum absolute atomic E-state index is 0.00983. The van der Waals surface area contributed by atoms with Crippen LogP contribution in [-0.4, -0.2) is 23.9 Å². The number of methoxy groups -OCH3 is 1. The van der Waals surface area contributed by atoms with E-state index in [0.29, 0.717) is 11.3 Å². The van der Waals surface area contributed by atoms with Crippen molar-refractivity contribution in [2.24, 2.45) is 0 Å². The van der Waals surface area contributed by atoms with Crippen LogP contribution in [0.2, 0.25) is 0 Å². The van der Waals surface area contributed by atoms with Gasteiger partial charge < -0.3 is 14.4 Å². The van der Waals surface area contributed by atoms with Crippen molar-refractivity contribution in [3.05, 3.63) is 65.4 Å². The highest BCUT2D eigenvalue weighted by Gasteiger charge is 2.29. The number of hydrogen-bond acceptors (Lipinski definition) is 5. The van der Waals surface area contributed by atoms with E-state index in [-0.39, 0.29) is 18.1 Å². The summed E-state index contributed by atoms with van der Waals surface area (Å²) in [5.74, 6) is -0.126. The first-order valence-electron chi connectivity index (χ1n) is 8.38. The van der Waals surface area contributed by atoms with Crippen molar-refractivity contribution < 1.29 is 19.1 Å². The molecule has 3 rings (SSSR count). The summed E-state index contributed by atoms with van der Waals surface area (Å²) in [6.07, 6.45) is 3.53. The summed E-state index contributed by atoms with van der Waals surface area (Å²) in [6, 6.07) is 13.7.